The first-order chi connectivity index (χ1) is 19.6. The van der Waals surface area contributed by atoms with E-state index in [1.165, 1.54) is 0 Å². The van der Waals surface area contributed by atoms with Gasteiger partial charge in [-0.1, -0.05) is 49.6 Å². The van der Waals surface area contributed by atoms with Crippen molar-refractivity contribution in [3.05, 3.63) is 64.7 Å². The Hall–Kier alpha value is -3.55. The molecule has 0 saturated heterocycles. The van der Waals surface area contributed by atoms with Crippen LogP contribution in [-0.4, -0.2) is 51.1 Å². The van der Waals surface area contributed by atoms with Crippen molar-refractivity contribution in [1.29, 1.82) is 0 Å². The molecule has 0 aliphatic heterocycles. The second-order valence-corrected chi connectivity index (χ2v) is 13.5. The Labute approximate surface area is 251 Å². The zero-order valence-electron chi connectivity index (χ0n) is 26.5. The lowest BCUT2D eigenvalue weighted by atomic mass is 9.89. The van der Waals surface area contributed by atoms with E-state index in [1.54, 1.807) is 49.9 Å². The maximum atomic E-state index is 14.7. The van der Waals surface area contributed by atoms with Crippen molar-refractivity contribution in [2.45, 2.75) is 123 Å². The highest BCUT2D eigenvalue weighted by Crippen LogP contribution is 2.34. The molecular weight excluding hydrogens is 530 g/mol. The van der Waals surface area contributed by atoms with Crippen molar-refractivity contribution in [3.63, 3.8) is 0 Å². The molecule has 0 bridgehead atoms. The molecule has 2 aromatic carbocycles. The standard InChI is InChI=1S/C34H49N3O5/c1-22-13-12-16-27(23(22)2)29(30(39)35-25-14-10-9-11-15-25)37(33(3,4)5)31(40)28(36-32(41)42-34(6,7)8)21-24-17-19-26(38)20-18-24/h12-13,16-20,25,28-29,38H,9-11,14-15,21H2,1-8H3,(H,35,39)(H,36,41). The number of hydrogen-bond acceptors (Lipinski definition) is 5. The van der Waals surface area contributed by atoms with Crippen LogP contribution in [0.3, 0.4) is 0 Å². The summed E-state index contributed by atoms with van der Waals surface area (Å²) >= 11 is 0. The number of rotatable bonds is 8. The monoisotopic (exact) mass is 579 g/mol. The highest BCUT2D eigenvalue weighted by Gasteiger charge is 2.43. The molecule has 3 amide bonds. The minimum atomic E-state index is -1.03. The van der Waals surface area contributed by atoms with Gasteiger partial charge in [0.05, 0.1) is 0 Å². The molecule has 0 spiro atoms. The van der Waals surface area contributed by atoms with Gasteiger partial charge in [0.1, 0.15) is 23.4 Å². The van der Waals surface area contributed by atoms with Crippen LogP contribution in [-0.2, 0) is 20.7 Å². The van der Waals surface area contributed by atoms with Crippen LogP contribution in [0.25, 0.3) is 0 Å². The van der Waals surface area contributed by atoms with Crippen LogP contribution in [0.2, 0.25) is 0 Å². The third kappa shape index (κ3) is 8.97. The number of ether oxygens (including phenoxy) is 1. The van der Waals surface area contributed by atoms with Gasteiger partial charge in [0.2, 0.25) is 11.8 Å². The van der Waals surface area contributed by atoms with E-state index in [0.29, 0.717) is 0 Å². The van der Waals surface area contributed by atoms with Gasteiger partial charge >= 0.3 is 6.09 Å². The van der Waals surface area contributed by atoms with Crippen LogP contribution in [0, 0.1) is 13.8 Å². The van der Waals surface area contributed by atoms with Gasteiger partial charge in [-0.15, -0.1) is 0 Å². The molecule has 1 aliphatic carbocycles. The lowest BCUT2D eigenvalue weighted by molar-refractivity contribution is -0.148. The topological polar surface area (TPSA) is 108 Å². The van der Waals surface area contributed by atoms with Crippen LogP contribution >= 0.6 is 0 Å². The lowest BCUT2D eigenvalue weighted by Crippen LogP contribution is -2.59. The number of benzene rings is 2. The maximum absolute atomic E-state index is 14.7. The van der Waals surface area contributed by atoms with Crippen molar-refractivity contribution in [2.75, 3.05) is 0 Å². The summed E-state index contributed by atoms with van der Waals surface area (Å²) in [6.07, 6.45) is 4.55. The van der Waals surface area contributed by atoms with Crippen LogP contribution in [0.4, 0.5) is 4.79 Å². The van der Waals surface area contributed by atoms with E-state index in [9.17, 15) is 19.5 Å². The number of aromatic hydroxyl groups is 1. The molecule has 1 saturated carbocycles. The maximum Gasteiger partial charge on any atom is 0.408 e. The van der Waals surface area contributed by atoms with E-state index in [1.807, 2.05) is 52.8 Å². The molecule has 8 heteroatoms. The Bertz CT molecular complexity index is 1240. The van der Waals surface area contributed by atoms with Crippen molar-refractivity contribution in [2.24, 2.45) is 0 Å². The number of phenolic OH excluding ortho intramolecular Hbond substituents is 1. The first-order valence-electron chi connectivity index (χ1n) is 15.0. The molecule has 2 aromatic rings. The molecule has 2 atom stereocenters. The number of nitrogens with one attached hydrogen (secondary N) is 2. The summed E-state index contributed by atoms with van der Waals surface area (Å²) in [5, 5.41) is 15.9. The van der Waals surface area contributed by atoms with E-state index >= 15 is 0 Å². The normalized spacial score (nSPS) is 15.8. The first-order valence-corrected chi connectivity index (χ1v) is 15.0. The molecule has 1 aliphatic rings. The molecule has 1 fully saturated rings. The predicted molar refractivity (Wildman–Crippen MR) is 165 cm³/mol. The molecular formula is C34H49N3O5. The van der Waals surface area contributed by atoms with Gasteiger partial charge in [-0.3, -0.25) is 9.59 Å². The van der Waals surface area contributed by atoms with E-state index in [2.05, 4.69) is 10.6 Å². The number of hydrogen-bond donors (Lipinski definition) is 3. The fourth-order valence-corrected chi connectivity index (χ4v) is 5.53. The molecule has 0 heterocycles. The van der Waals surface area contributed by atoms with Gasteiger partial charge in [-0.05, 0) is 103 Å². The Morgan fingerprint density at radius 1 is 0.952 bits per heavy atom. The van der Waals surface area contributed by atoms with Gasteiger partial charge in [0.25, 0.3) is 0 Å². The molecule has 42 heavy (non-hydrogen) atoms. The van der Waals surface area contributed by atoms with Crippen molar-refractivity contribution in [3.8, 4) is 5.75 Å². The smallest absolute Gasteiger partial charge is 0.408 e. The number of aryl methyl sites for hydroxylation is 1. The molecule has 230 valence electrons. The average Bonchev–Trinajstić information content (AvgIpc) is 2.88. The SMILES string of the molecule is Cc1cccc(C(C(=O)NC2CCCCC2)N(C(=O)C(Cc2ccc(O)cc2)NC(=O)OC(C)(C)C)C(C)(C)C)c1C. The van der Waals surface area contributed by atoms with Gasteiger partial charge < -0.3 is 25.4 Å². The summed E-state index contributed by atoms with van der Waals surface area (Å²) in [7, 11) is 0. The van der Waals surface area contributed by atoms with Crippen molar-refractivity contribution >= 4 is 17.9 Å². The Balaban J connectivity index is 2.10. The lowest BCUT2D eigenvalue weighted by Gasteiger charge is -2.44. The fraction of sp³-hybridized carbons (Fsp3) is 0.559. The second kappa shape index (κ2) is 13.6. The molecule has 8 nitrogen and oxygen atoms in total. The van der Waals surface area contributed by atoms with Crippen LogP contribution in [0.1, 0.15) is 102 Å². The minimum Gasteiger partial charge on any atom is -0.508 e. The number of carbonyl (C=O) groups excluding carboxylic acids is 3. The fourth-order valence-electron chi connectivity index (χ4n) is 5.53. The highest BCUT2D eigenvalue weighted by atomic mass is 16.6. The van der Waals surface area contributed by atoms with Crippen LogP contribution < -0.4 is 10.6 Å². The third-order valence-electron chi connectivity index (χ3n) is 7.72. The zero-order chi connectivity index (χ0) is 31.2. The number of amides is 3. The van der Waals surface area contributed by atoms with Gasteiger partial charge in [0.15, 0.2) is 0 Å². The summed E-state index contributed by atoms with van der Waals surface area (Å²) in [4.78, 5) is 43.6. The van der Waals surface area contributed by atoms with Crippen molar-refractivity contribution in [1.82, 2.24) is 15.5 Å². The highest BCUT2D eigenvalue weighted by molar-refractivity contribution is 5.93. The predicted octanol–water partition coefficient (Wildman–Crippen LogP) is 6.26. The average molecular weight is 580 g/mol. The van der Waals surface area contributed by atoms with Crippen LogP contribution in [0.5, 0.6) is 5.75 Å². The molecule has 0 aromatic heterocycles. The van der Waals surface area contributed by atoms with Crippen LogP contribution in [0.15, 0.2) is 42.5 Å². The Morgan fingerprint density at radius 2 is 1.57 bits per heavy atom. The zero-order valence-corrected chi connectivity index (χ0v) is 26.5. The number of carbonyl (C=O) groups is 3. The van der Waals surface area contributed by atoms with E-state index < -0.39 is 35.2 Å². The molecule has 2 unspecified atom stereocenters. The molecule has 0 radical (unpaired) electrons. The third-order valence-corrected chi connectivity index (χ3v) is 7.72. The van der Waals surface area contributed by atoms with E-state index in [-0.39, 0.29) is 24.1 Å². The molecule has 3 N–H and O–H groups in total. The summed E-state index contributed by atoms with van der Waals surface area (Å²) in [6, 6.07) is 10.5. The largest absolute Gasteiger partial charge is 0.508 e. The van der Waals surface area contributed by atoms with E-state index in [0.717, 1.165) is 54.4 Å². The second-order valence-electron chi connectivity index (χ2n) is 13.5. The number of phenols is 1. The first kappa shape index (κ1) is 33.0. The summed E-state index contributed by atoms with van der Waals surface area (Å²) in [5.41, 5.74) is 1.92. The molecule has 3 rings (SSSR count). The Morgan fingerprint density at radius 3 is 2.14 bits per heavy atom. The quantitative estimate of drug-likeness (QED) is 0.342. The summed E-state index contributed by atoms with van der Waals surface area (Å²) in [6.45, 7) is 15.0. The number of alkyl carbamates (subject to hydrolysis) is 1. The Kier molecular flexibility index (Phi) is 10.7. The van der Waals surface area contributed by atoms with Gasteiger partial charge in [-0.25, -0.2) is 4.79 Å². The van der Waals surface area contributed by atoms with Crippen molar-refractivity contribution < 1.29 is 24.2 Å². The minimum absolute atomic E-state index is 0.0588. The summed E-state index contributed by atoms with van der Waals surface area (Å²) < 4.78 is 5.53. The van der Waals surface area contributed by atoms with E-state index in [4.69, 9.17) is 4.74 Å². The van der Waals surface area contributed by atoms with Gasteiger partial charge in [-0.2, -0.15) is 0 Å². The summed E-state index contributed by atoms with van der Waals surface area (Å²) in [5.74, 6) is -0.516. The number of nitrogens with zero attached hydrogens (tertiary/aromatic N) is 1. The van der Waals surface area contributed by atoms with Gasteiger partial charge in [0, 0.05) is 18.0 Å².